The Morgan fingerprint density at radius 2 is 1.53 bits per heavy atom. The zero-order chi connectivity index (χ0) is 26.7. The van der Waals surface area contributed by atoms with E-state index in [0.717, 1.165) is 39.6 Å². The van der Waals surface area contributed by atoms with Crippen molar-refractivity contribution < 1.29 is 27.4 Å². The number of halogens is 3. The van der Waals surface area contributed by atoms with E-state index in [-0.39, 0.29) is 6.61 Å². The number of para-hydroxylation sites is 1. The maximum absolute atomic E-state index is 13.2. The quantitative estimate of drug-likeness (QED) is 0.154. The minimum Gasteiger partial charge on any atom is -0.493 e. The molecule has 0 spiro atoms. The Labute approximate surface area is 218 Å². The molecule has 0 unspecified atom stereocenters. The van der Waals surface area contributed by atoms with E-state index in [1.807, 2.05) is 71.3 Å². The van der Waals surface area contributed by atoms with Crippen LogP contribution in [-0.4, -0.2) is 23.8 Å². The Balaban J connectivity index is 1.48. The molecule has 0 radical (unpaired) electrons. The van der Waals surface area contributed by atoms with Crippen LogP contribution in [0.2, 0.25) is 0 Å². The number of hydrogen-bond acceptors (Lipinski definition) is 3. The fraction of sp³-hybridized carbons (Fsp3) is 0.194. The van der Waals surface area contributed by atoms with Gasteiger partial charge in [-0.25, -0.2) is 4.79 Å². The Bertz CT molecular complexity index is 1580. The number of carbonyl (C=O) groups excluding carboxylic acids is 1. The molecule has 0 aliphatic heterocycles. The standard InChI is InChI=1S/C31H26F3NO3/c1-2-37-30(36)29-28(22-15-17-23(18-16-22)31(32,33)34)25-12-5-6-13-26(25)35(29)19-8-20-38-27-14-7-10-21-9-3-4-11-24(21)27/h3-7,9-18H,2,8,19-20H2,1H3. The van der Waals surface area contributed by atoms with Crippen molar-refractivity contribution >= 4 is 27.6 Å². The molecule has 1 aromatic heterocycles. The van der Waals surface area contributed by atoms with Crippen molar-refractivity contribution in [3.63, 3.8) is 0 Å². The van der Waals surface area contributed by atoms with Crippen LogP contribution in [0.5, 0.6) is 5.75 Å². The lowest BCUT2D eigenvalue weighted by Crippen LogP contribution is -2.15. The van der Waals surface area contributed by atoms with Crippen molar-refractivity contribution in [1.82, 2.24) is 4.57 Å². The summed E-state index contributed by atoms with van der Waals surface area (Å²) in [6, 6.07) is 26.3. The molecular weight excluding hydrogens is 491 g/mol. The fourth-order valence-electron chi connectivity index (χ4n) is 4.79. The van der Waals surface area contributed by atoms with E-state index in [1.54, 1.807) is 6.92 Å². The summed E-state index contributed by atoms with van der Waals surface area (Å²) in [4.78, 5) is 13.2. The first-order chi connectivity index (χ1) is 18.4. The summed E-state index contributed by atoms with van der Waals surface area (Å²) in [5, 5.41) is 2.88. The van der Waals surface area contributed by atoms with Crippen LogP contribution in [0.1, 0.15) is 29.4 Å². The number of esters is 1. The molecule has 0 saturated heterocycles. The minimum atomic E-state index is -4.44. The van der Waals surface area contributed by atoms with Gasteiger partial charge >= 0.3 is 12.1 Å². The number of hydrogen-bond donors (Lipinski definition) is 0. The van der Waals surface area contributed by atoms with Gasteiger partial charge in [-0.1, -0.05) is 66.7 Å². The predicted octanol–water partition coefficient (Wildman–Crippen LogP) is 8.13. The zero-order valence-electron chi connectivity index (χ0n) is 20.8. The number of fused-ring (bicyclic) bond motifs is 2. The number of rotatable bonds is 8. The van der Waals surface area contributed by atoms with Gasteiger partial charge in [0, 0.05) is 28.4 Å². The van der Waals surface area contributed by atoms with E-state index in [9.17, 15) is 18.0 Å². The summed E-state index contributed by atoms with van der Waals surface area (Å²) in [7, 11) is 0. The van der Waals surface area contributed by atoms with E-state index in [1.165, 1.54) is 12.1 Å². The lowest BCUT2D eigenvalue weighted by atomic mass is 10.0. The lowest BCUT2D eigenvalue weighted by Gasteiger charge is -2.13. The summed E-state index contributed by atoms with van der Waals surface area (Å²) in [6.07, 6.45) is -3.85. The Kier molecular flexibility index (Phi) is 7.09. The molecule has 0 fully saturated rings. The minimum absolute atomic E-state index is 0.178. The second-order valence-corrected chi connectivity index (χ2v) is 8.87. The van der Waals surface area contributed by atoms with Crippen molar-refractivity contribution in [2.75, 3.05) is 13.2 Å². The number of nitrogens with zero attached hydrogens (tertiary/aromatic N) is 1. The SMILES string of the molecule is CCOC(=O)c1c(-c2ccc(C(F)(F)F)cc2)c2ccccc2n1CCCOc1cccc2ccccc12. The highest BCUT2D eigenvalue weighted by Crippen LogP contribution is 2.38. The number of carbonyl (C=O) groups is 1. The van der Waals surface area contributed by atoms with Gasteiger partial charge in [-0.2, -0.15) is 13.2 Å². The monoisotopic (exact) mass is 517 g/mol. The second kappa shape index (κ2) is 10.6. The molecular formula is C31H26F3NO3. The summed E-state index contributed by atoms with van der Waals surface area (Å²) in [6.45, 7) is 2.77. The van der Waals surface area contributed by atoms with Crippen LogP contribution in [0.15, 0.2) is 91.0 Å². The van der Waals surface area contributed by atoms with Gasteiger partial charge in [0.05, 0.1) is 18.8 Å². The van der Waals surface area contributed by atoms with Crippen LogP contribution >= 0.6 is 0 Å². The Morgan fingerprint density at radius 3 is 2.26 bits per heavy atom. The van der Waals surface area contributed by atoms with Gasteiger partial charge in [0.1, 0.15) is 11.4 Å². The molecule has 7 heteroatoms. The molecule has 194 valence electrons. The number of benzene rings is 4. The van der Waals surface area contributed by atoms with Crippen molar-refractivity contribution in [3.8, 4) is 16.9 Å². The van der Waals surface area contributed by atoms with Gasteiger partial charge in [-0.15, -0.1) is 0 Å². The molecule has 0 saturated carbocycles. The molecule has 5 aromatic rings. The van der Waals surface area contributed by atoms with Crippen molar-refractivity contribution in [3.05, 3.63) is 102 Å². The van der Waals surface area contributed by atoms with Crippen LogP contribution in [0, 0.1) is 0 Å². The summed E-state index contributed by atoms with van der Waals surface area (Å²) >= 11 is 0. The molecule has 0 amide bonds. The normalized spacial score (nSPS) is 11.7. The van der Waals surface area contributed by atoms with Gasteiger partial charge in [-0.3, -0.25) is 0 Å². The molecule has 4 aromatic carbocycles. The Hall–Kier alpha value is -4.26. The van der Waals surface area contributed by atoms with E-state index in [4.69, 9.17) is 9.47 Å². The van der Waals surface area contributed by atoms with Gasteiger partial charge in [-0.05, 0) is 48.6 Å². The van der Waals surface area contributed by atoms with Gasteiger partial charge in [0.2, 0.25) is 0 Å². The highest BCUT2D eigenvalue weighted by molar-refractivity contribution is 6.08. The highest BCUT2D eigenvalue weighted by atomic mass is 19.4. The van der Waals surface area contributed by atoms with E-state index >= 15 is 0 Å². The summed E-state index contributed by atoms with van der Waals surface area (Å²) < 4.78 is 52.9. The largest absolute Gasteiger partial charge is 0.493 e. The molecule has 38 heavy (non-hydrogen) atoms. The van der Waals surface area contributed by atoms with E-state index in [0.29, 0.717) is 36.4 Å². The fourth-order valence-corrected chi connectivity index (χ4v) is 4.79. The van der Waals surface area contributed by atoms with Crippen LogP contribution in [0.4, 0.5) is 13.2 Å². The number of alkyl halides is 3. The molecule has 0 aliphatic rings. The number of ether oxygens (including phenoxy) is 2. The topological polar surface area (TPSA) is 40.5 Å². The van der Waals surface area contributed by atoms with Crippen molar-refractivity contribution in [1.29, 1.82) is 0 Å². The van der Waals surface area contributed by atoms with Crippen molar-refractivity contribution in [2.24, 2.45) is 0 Å². The summed E-state index contributed by atoms with van der Waals surface area (Å²) in [5.74, 6) is 0.269. The van der Waals surface area contributed by atoms with Crippen LogP contribution < -0.4 is 4.74 Å². The molecule has 0 aliphatic carbocycles. The second-order valence-electron chi connectivity index (χ2n) is 8.87. The number of aromatic nitrogens is 1. The molecule has 0 atom stereocenters. The van der Waals surface area contributed by atoms with Crippen molar-refractivity contribution in [2.45, 2.75) is 26.1 Å². The first-order valence-corrected chi connectivity index (χ1v) is 12.4. The third-order valence-corrected chi connectivity index (χ3v) is 6.47. The Morgan fingerprint density at radius 1 is 0.842 bits per heavy atom. The van der Waals surface area contributed by atoms with Crippen LogP contribution in [-0.2, 0) is 17.5 Å². The average molecular weight is 518 g/mol. The molecule has 0 N–H and O–H groups in total. The van der Waals surface area contributed by atoms with Crippen LogP contribution in [0.3, 0.4) is 0 Å². The van der Waals surface area contributed by atoms with Gasteiger partial charge < -0.3 is 14.0 Å². The average Bonchev–Trinajstić information content (AvgIpc) is 3.25. The van der Waals surface area contributed by atoms with Gasteiger partial charge in [0.25, 0.3) is 0 Å². The third-order valence-electron chi connectivity index (χ3n) is 6.47. The summed E-state index contributed by atoms with van der Waals surface area (Å²) in [5.41, 5.74) is 1.45. The molecule has 5 rings (SSSR count). The highest BCUT2D eigenvalue weighted by Gasteiger charge is 2.31. The molecule has 1 heterocycles. The predicted molar refractivity (Wildman–Crippen MR) is 142 cm³/mol. The number of aryl methyl sites for hydroxylation is 1. The maximum Gasteiger partial charge on any atom is 0.416 e. The zero-order valence-corrected chi connectivity index (χ0v) is 20.8. The lowest BCUT2D eigenvalue weighted by molar-refractivity contribution is -0.137. The molecule has 0 bridgehead atoms. The van der Waals surface area contributed by atoms with E-state index < -0.39 is 17.7 Å². The first-order valence-electron chi connectivity index (χ1n) is 12.4. The third kappa shape index (κ3) is 4.96. The smallest absolute Gasteiger partial charge is 0.416 e. The van der Waals surface area contributed by atoms with E-state index in [2.05, 4.69) is 0 Å². The first kappa shape index (κ1) is 25.4. The van der Waals surface area contributed by atoms with Gasteiger partial charge in [0.15, 0.2) is 0 Å². The van der Waals surface area contributed by atoms with Crippen LogP contribution in [0.25, 0.3) is 32.8 Å². The molecule has 4 nitrogen and oxygen atoms in total. The maximum atomic E-state index is 13.2.